The second-order valence-electron chi connectivity index (χ2n) is 3.80. The van der Waals surface area contributed by atoms with Gasteiger partial charge in [-0.15, -0.1) is 0 Å². The van der Waals surface area contributed by atoms with E-state index in [1.54, 1.807) is 0 Å². The van der Waals surface area contributed by atoms with Gasteiger partial charge in [0.15, 0.2) is 0 Å². The van der Waals surface area contributed by atoms with Crippen LogP contribution in [0.2, 0.25) is 0 Å². The van der Waals surface area contributed by atoms with Gasteiger partial charge >= 0.3 is 0 Å². The van der Waals surface area contributed by atoms with Crippen molar-refractivity contribution in [2.45, 2.75) is 46.0 Å². The van der Waals surface area contributed by atoms with Crippen molar-refractivity contribution in [1.29, 1.82) is 0 Å². The first-order valence-corrected chi connectivity index (χ1v) is 4.98. The van der Waals surface area contributed by atoms with Crippen LogP contribution in [-0.2, 0) is 0 Å². The zero-order chi connectivity index (χ0) is 9.84. The number of hydrogen-bond donors (Lipinski definition) is 0. The number of rotatable bonds is 3. The summed E-state index contributed by atoms with van der Waals surface area (Å²) in [5.41, 5.74) is 1.17. The molecule has 2 nitrogen and oxygen atoms in total. The van der Waals surface area contributed by atoms with Crippen LogP contribution in [0.25, 0.3) is 0 Å². The van der Waals surface area contributed by atoms with Gasteiger partial charge in [-0.2, -0.15) is 0 Å². The van der Waals surface area contributed by atoms with Crippen molar-refractivity contribution in [3.63, 3.8) is 0 Å². The molecule has 1 atom stereocenters. The van der Waals surface area contributed by atoms with Crippen molar-refractivity contribution in [3.8, 4) is 0 Å². The highest BCUT2D eigenvalue weighted by atomic mass is 14.9. The Bertz CT molecular complexity index is 269. The molecule has 13 heavy (non-hydrogen) atoms. The van der Waals surface area contributed by atoms with Crippen molar-refractivity contribution in [2.75, 3.05) is 0 Å². The first-order chi connectivity index (χ1) is 6.15. The van der Waals surface area contributed by atoms with Crippen LogP contribution in [0.3, 0.4) is 0 Å². The maximum Gasteiger partial charge on any atom is 0.131 e. The zero-order valence-corrected chi connectivity index (χ0v) is 8.91. The van der Waals surface area contributed by atoms with Gasteiger partial charge in [0.2, 0.25) is 0 Å². The maximum absolute atomic E-state index is 4.53. The molecule has 1 heterocycles. The lowest BCUT2D eigenvalue weighted by atomic mass is 10.0. The standard InChI is InChI=1S/C11H18N2/c1-5-9(4)10-6-7-12-11(13-10)8(2)3/h6-9H,5H2,1-4H3. The van der Waals surface area contributed by atoms with Gasteiger partial charge in [-0.05, 0) is 18.4 Å². The average Bonchev–Trinajstić information content (AvgIpc) is 2.17. The normalized spacial score (nSPS) is 13.3. The van der Waals surface area contributed by atoms with Gasteiger partial charge in [-0.25, -0.2) is 9.97 Å². The molecule has 1 aromatic heterocycles. The van der Waals surface area contributed by atoms with Gasteiger partial charge in [0.05, 0.1) is 0 Å². The first-order valence-electron chi connectivity index (χ1n) is 4.98. The molecule has 0 N–H and O–H groups in total. The first kappa shape index (κ1) is 10.2. The fraction of sp³-hybridized carbons (Fsp3) is 0.636. The van der Waals surface area contributed by atoms with Crippen molar-refractivity contribution >= 4 is 0 Å². The molecular weight excluding hydrogens is 160 g/mol. The predicted molar refractivity (Wildman–Crippen MR) is 54.8 cm³/mol. The highest BCUT2D eigenvalue weighted by Gasteiger charge is 2.07. The zero-order valence-electron chi connectivity index (χ0n) is 8.91. The summed E-state index contributed by atoms with van der Waals surface area (Å²) in [5.74, 6) is 1.92. The molecule has 72 valence electrons. The highest BCUT2D eigenvalue weighted by Crippen LogP contribution is 2.17. The van der Waals surface area contributed by atoms with E-state index in [4.69, 9.17) is 0 Å². The van der Waals surface area contributed by atoms with E-state index in [0.29, 0.717) is 11.8 Å². The third kappa shape index (κ3) is 2.51. The van der Waals surface area contributed by atoms with Crippen LogP contribution in [0.1, 0.15) is 57.5 Å². The third-order valence-corrected chi connectivity index (χ3v) is 2.33. The highest BCUT2D eigenvalue weighted by molar-refractivity contribution is 5.08. The van der Waals surface area contributed by atoms with Crippen LogP contribution in [0, 0.1) is 0 Å². The molecule has 0 aliphatic rings. The van der Waals surface area contributed by atoms with E-state index < -0.39 is 0 Å². The molecule has 0 radical (unpaired) electrons. The topological polar surface area (TPSA) is 25.8 Å². The molecule has 1 unspecified atom stereocenters. The summed E-state index contributed by atoms with van der Waals surface area (Å²) in [6, 6.07) is 2.01. The quantitative estimate of drug-likeness (QED) is 0.710. The predicted octanol–water partition coefficient (Wildman–Crippen LogP) is 3.11. The minimum Gasteiger partial charge on any atom is -0.241 e. The van der Waals surface area contributed by atoms with E-state index in [0.717, 1.165) is 12.2 Å². The Morgan fingerprint density at radius 3 is 2.54 bits per heavy atom. The molecule has 0 amide bonds. The Morgan fingerprint density at radius 1 is 1.31 bits per heavy atom. The Hall–Kier alpha value is -0.920. The summed E-state index contributed by atoms with van der Waals surface area (Å²) in [6.45, 7) is 8.62. The summed E-state index contributed by atoms with van der Waals surface area (Å²) >= 11 is 0. The van der Waals surface area contributed by atoms with E-state index in [-0.39, 0.29) is 0 Å². The van der Waals surface area contributed by atoms with E-state index >= 15 is 0 Å². The third-order valence-electron chi connectivity index (χ3n) is 2.33. The van der Waals surface area contributed by atoms with E-state index in [9.17, 15) is 0 Å². The van der Waals surface area contributed by atoms with E-state index in [2.05, 4.69) is 37.7 Å². The number of aromatic nitrogens is 2. The average molecular weight is 178 g/mol. The molecule has 0 saturated carbocycles. The molecule has 2 heteroatoms. The molecular formula is C11H18N2. The van der Waals surface area contributed by atoms with E-state index in [1.807, 2.05) is 12.3 Å². The molecule has 0 saturated heterocycles. The van der Waals surface area contributed by atoms with Crippen molar-refractivity contribution < 1.29 is 0 Å². The summed E-state index contributed by atoms with van der Waals surface area (Å²) in [7, 11) is 0. The Morgan fingerprint density at radius 2 is 2.00 bits per heavy atom. The fourth-order valence-corrected chi connectivity index (χ4v) is 1.15. The van der Waals surface area contributed by atoms with Crippen molar-refractivity contribution in [3.05, 3.63) is 23.8 Å². The van der Waals surface area contributed by atoms with Crippen LogP contribution < -0.4 is 0 Å². The molecule has 1 aromatic rings. The molecule has 0 aliphatic carbocycles. The molecule has 0 aromatic carbocycles. The molecule has 0 aliphatic heterocycles. The van der Waals surface area contributed by atoms with E-state index in [1.165, 1.54) is 5.69 Å². The van der Waals surface area contributed by atoms with Crippen LogP contribution in [-0.4, -0.2) is 9.97 Å². The monoisotopic (exact) mass is 178 g/mol. The van der Waals surface area contributed by atoms with Crippen LogP contribution in [0.15, 0.2) is 12.3 Å². The Balaban J connectivity index is 2.91. The number of nitrogens with zero attached hydrogens (tertiary/aromatic N) is 2. The maximum atomic E-state index is 4.53. The lowest BCUT2D eigenvalue weighted by Crippen LogP contribution is -2.02. The van der Waals surface area contributed by atoms with Crippen LogP contribution in [0.5, 0.6) is 0 Å². The van der Waals surface area contributed by atoms with Gasteiger partial charge in [0, 0.05) is 17.8 Å². The van der Waals surface area contributed by atoms with Crippen molar-refractivity contribution in [2.24, 2.45) is 0 Å². The molecule has 1 rings (SSSR count). The molecule has 0 spiro atoms. The minimum atomic E-state index is 0.420. The van der Waals surface area contributed by atoms with Gasteiger partial charge < -0.3 is 0 Å². The minimum absolute atomic E-state index is 0.420. The van der Waals surface area contributed by atoms with Gasteiger partial charge in [-0.1, -0.05) is 27.7 Å². The Kier molecular flexibility index (Phi) is 3.40. The summed E-state index contributed by atoms with van der Waals surface area (Å²) in [5, 5.41) is 0. The van der Waals surface area contributed by atoms with Gasteiger partial charge in [-0.3, -0.25) is 0 Å². The smallest absolute Gasteiger partial charge is 0.131 e. The molecule has 0 bridgehead atoms. The van der Waals surface area contributed by atoms with Gasteiger partial charge in [0.25, 0.3) is 0 Å². The second kappa shape index (κ2) is 4.35. The largest absolute Gasteiger partial charge is 0.241 e. The lowest BCUT2D eigenvalue weighted by molar-refractivity contribution is 0.677. The lowest BCUT2D eigenvalue weighted by Gasteiger charge is -2.10. The summed E-state index contributed by atoms with van der Waals surface area (Å²) in [4.78, 5) is 8.78. The fourth-order valence-electron chi connectivity index (χ4n) is 1.15. The summed E-state index contributed by atoms with van der Waals surface area (Å²) < 4.78 is 0. The summed E-state index contributed by atoms with van der Waals surface area (Å²) in [6.07, 6.45) is 3.00. The van der Waals surface area contributed by atoms with Gasteiger partial charge in [0.1, 0.15) is 5.82 Å². The second-order valence-corrected chi connectivity index (χ2v) is 3.80. The SMILES string of the molecule is CCC(C)c1ccnc(C(C)C)n1. The molecule has 0 fully saturated rings. The van der Waals surface area contributed by atoms with Crippen molar-refractivity contribution in [1.82, 2.24) is 9.97 Å². The number of hydrogen-bond acceptors (Lipinski definition) is 2. The van der Waals surface area contributed by atoms with Crippen LogP contribution >= 0.6 is 0 Å². The Labute approximate surface area is 80.4 Å². The van der Waals surface area contributed by atoms with Crippen LogP contribution in [0.4, 0.5) is 0 Å².